The molecule has 5 heteroatoms. The molecule has 2 heterocycles. The molecule has 0 spiro atoms. The highest BCUT2D eigenvalue weighted by atomic mass is 32.2. The van der Waals surface area contributed by atoms with Crippen molar-refractivity contribution in [2.75, 3.05) is 19.4 Å². The minimum Gasteiger partial charge on any atom is -0.396 e. The van der Waals surface area contributed by atoms with Crippen LogP contribution in [0.3, 0.4) is 0 Å². The van der Waals surface area contributed by atoms with E-state index in [0.29, 0.717) is 6.42 Å². The highest BCUT2D eigenvalue weighted by Crippen LogP contribution is 2.35. The fourth-order valence-corrected chi connectivity index (χ4v) is 5.79. The second-order valence-electron chi connectivity index (χ2n) is 8.30. The average Bonchev–Trinajstić information content (AvgIpc) is 3.11. The Morgan fingerprint density at radius 1 is 1.16 bits per heavy atom. The van der Waals surface area contributed by atoms with Gasteiger partial charge in [-0.15, -0.1) is 11.8 Å². The largest absolute Gasteiger partial charge is 0.396 e. The highest BCUT2D eigenvalue weighted by Gasteiger charge is 2.27. The third kappa shape index (κ3) is 4.39. The van der Waals surface area contributed by atoms with Gasteiger partial charge < -0.3 is 14.6 Å². The van der Waals surface area contributed by atoms with Gasteiger partial charge in [0, 0.05) is 52.8 Å². The van der Waals surface area contributed by atoms with Crippen LogP contribution in [0.15, 0.2) is 53.4 Å². The first kappa shape index (κ1) is 22.0. The molecule has 1 aromatic heterocycles. The van der Waals surface area contributed by atoms with Crippen molar-refractivity contribution in [3.05, 3.63) is 65.4 Å². The molecular weight excluding hydrogens is 404 g/mol. The molecule has 4 nitrogen and oxygen atoms in total. The van der Waals surface area contributed by atoms with Crippen LogP contribution in [0.4, 0.5) is 0 Å². The Kier molecular flexibility index (Phi) is 7.03. The Morgan fingerprint density at radius 2 is 1.97 bits per heavy atom. The molecule has 3 aromatic rings. The lowest BCUT2D eigenvalue weighted by Gasteiger charge is -2.35. The van der Waals surface area contributed by atoms with Gasteiger partial charge in [0.15, 0.2) is 0 Å². The fraction of sp³-hybridized carbons (Fsp3) is 0.423. The molecule has 1 aliphatic heterocycles. The lowest BCUT2D eigenvalue weighted by Crippen LogP contribution is -2.44. The number of rotatable bonds is 7. The normalized spacial score (nSPS) is 16.7. The number of hydrogen-bond donors (Lipinski definition) is 1. The summed E-state index contributed by atoms with van der Waals surface area (Å²) in [6.07, 6.45) is 6.89. The zero-order chi connectivity index (χ0) is 21.8. The predicted molar refractivity (Wildman–Crippen MR) is 129 cm³/mol. The minimum atomic E-state index is 0.0981. The molecule has 1 atom stereocenters. The van der Waals surface area contributed by atoms with E-state index in [-0.39, 0.29) is 18.6 Å². The molecule has 1 saturated heterocycles. The number of aromatic nitrogens is 1. The van der Waals surface area contributed by atoms with Gasteiger partial charge in [0.25, 0.3) is 5.91 Å². The van der Waals surface area contributed by atoms with Gasteiger partial charge >= 0.3 is 0 Å². The van der Waals surface area contributed by atoms with Gasteiger partial charge in [-0.2, -0.15) is 0 Å². The number of aliphatic hydroxyl groups is 1. The van der Waals surface area contributed by atoms with Gasteiger partial charge in [-0.25, -0.2) is 0 Å². The zero-order valence-electron chi connectivity index (χ0n) is 18.5. The second-order valence-corrected chi connectivity index (χ2v) is 9.11. The summed E-state index contributed by atoms with van der Waals surface area (Å²) in [5.41, 5.74) is 4.55. The molecule has 164 valence electrons. The average molecular weight is 437 g/mol. The Morgan fingerprint density at radius 3 is 2.68 bits per heavy atom. The van der Waals surface area contributed by atoms with E-state index < -0.39 is 0 Å². The number of carbonyl (C=O) groups excluding carboxylic acids is 1. The van der Waals surface area contributed by atoms with Gasteiger partial charge in [0.1, 0.15) is 0 Å². The number of likely N-dealkylation sites (tertiary alicyclic amines) is 1. The molecule has 1 aliphatic rings. The van der Waals surface area contributed by atoms with Crippen LogP contribution in [0.25, 0.3) is 10.9 Å². The summed E-state index contributed by atoms with van der Waals surface area (Å²) in [4.78, 5) is 16.7. The summed E-state index contributed by atoms with van der Waals surface area (Å²) >= 11 is 1.77. The summed E-state index contributed by atoms with van der Waals surface area (Å²) in [6, 6.07) is 16.9. The summed E-state index contributed by atoms with van der Waals surface area (Å²) < 4.78 is 2.40. The molecule has 1 amide bonds. The Labute approximate surface area is 189 Å². The lowest BCUT2D eigenvalue weighted by atomic mass is 9.98. The van der Waals surface area contributed by atoms with Crippen LogP contribution in [-0.4, -0.2) is 45.9 Å². The first-order valence-electron chi connectivity index (χ1n) is 11.3. The summed E-state index contributed by atoms with van der Waals surface area (Å²) in [6.45, 7) is 3.95. The maximum Gasteiger partial charge on any atom is 0.254 e. The molecule has 0 bridgehead atoms. The number of hydrogen-bond acceptors (Lipinski definition) is 3. The Bertz CT molecular complexity index is 1040. The third-order valence-electron chi connectivity index (χ3n) is 6.44. The van der Waals surface area contributed by atoms with E-state index in [9.17, 15) is 9.90 Å². The molecule has 1 N–H and O–H groups in total. The van der Waals surface area contributed by atoms with Gasteiger partial charge in [-0.05, 0) is 62.1 Å². The fourth-order valence-electron chi connectivity index (χ4n) is 4.92. The Hall–Kier alpha value is -2.24. The number of fused-ring (bicyclic) bond motifs is 1. The van der Waals surface area contributed by atoms with E-state index in [1.165, 1.54) is 27.1 Å². The molecule has 4 rings (SSSR count). The molecular formula is C26H32N2O2S. The molecule has 1 fully saturated rings. The Balaban J connectivity index is 1.74. The van der Waals surface area contributed by atoms with Crippen LogP contribution < -0.4 is 0 Å². The van der Waals surface area contributed by atoms with Crippen LogP contribution in [0.1, 0.15) is 54.2 Å². The minimum absolute atomic E-state index is 0.0981. The van der Waals surface area contributed by atoms with E-state index >= 15 is 0 Å². The number of amides is 1. The van der Waals surface area contributed by atoms with Crippen molar-refractivity contribution in [3.63, 3.8) is 0 Å². The smallest absolute Gasteiger partial charge is 0.254 e. The van der Waals surface area contributed by atoms with Gasteiger partial charge in [0.05, 0.1) is 0 Å². The van der Waals surface area contributed by atoms with Crippen molar-refractivity contribution in [1.29, 1.82) is 0 Å². The predicted octanol–water partition coefficient (Wildman–Crippen LogP) is 5.35. The maximum atomic E-state index is 13.4. The third-order valence-corrected chi connectivity index (χ3v) is 7.30. The van der Waals surface area contributed by atoms with E-state index in [4.69, 9.17) is 0 Å². The van der Waals surface area contributed by atoms with Crippen molar-refractivity contribution in [2.24, 2.45) is 0 Å². The van der Waals surface area contributed by atoms with Crippen molar-refractivity contribution < 1.29 is 9.90 Å². The molecule has 31 heavy (non-hydrogen) atoms. The second kappa shape index (κ2) is 9.92. The van der Waals surface area contributed by atoms with Gasteiger partial charge in [0.2, 0.25) is 0 Å². The molecule has 0 radical (unpaired) electrons. The van der Waals surface area contributed by atoms with Gasteiger partial charge in [-0.1, -0.05) is 37.3 Å². The first-order chi connectivity index (χ1) is 15.2. The number of nitrogens with zero attached hydrogens (tertiary/aromatic N) is 2. The summed E-state index contributed by atoms with van der Waals surface area (Å²) in [5, 5.41) is 10.6. The van der Waals surface area contributed by atoms with Crippen molar-refractivity contribution >= 4 is 28.6 Å². The first-order valence-corrected chi connectivity index (χ1v) is 12.5. The lowest BCUT2D eigenvalue weighted by molar-refractivity contribution is 0.0575. The quantitative estimate of drug-likeness (QED) is 0.508. The van der Waals surface area contributed by atoms with Crippen LogP contribution in [0.2, 0.25) is 0 Å². The van der Waals surface area contributed by atoms with Crippen molar-refractivity contribution in [1.82, 2.24) is 9.47 Å². The number of piperidine rings is 1. The van der Waals surface area contributed by atoms with E-state index in [1.807, 2.05) is 17.0 Å². The van der Waals surface area contributed by atoms with Gasteiger partial charge in [-0.3, -0.25) is 4.79 Å². The molecule has 1 unspecified atom stereocenters. The summed E-state index contributed by atoms with van der Waals surface area (Å²) in [5.74, 6) is 0.0981. The highest BCUT2D eigenvalue weighted by molar-refractivity contribution is 7.98. The maximum absolute atomic E-state index is 13.4. The zero-order valence-corrected chi connectivity index (χ0v) is 19.3. The van der Waals surface area contributed by atoms with E-state index in [0.717, 1.165) is 44.3 Å². The van der Waals surface area contributed by atoms with Crippen LogP contribution in [0.5, 0.6) is 0 Å². The number of aliphatic hydroxyl groups excluding tert-OH is 1. The van der Waals surface area contributed by atoms with Crippen molar-refractivity contribution in [3.8, 4) is 0 Å². The topological polar surface area (TPSA) is 45.5 Å². The summed E-state index contributed by atoms with van der Waals surface area (Å²) in [7, 11) is 0. The number of benzene rings is 2. The standard InChI is InChI=1S/C26H32N2O2S/c1-3-23-25(31-2)22-17-20(26(30)27-15-8-7-11-21(27)14-16-29)12-13-24(22)28(23)18-19-9-5-4-6-10-19/h4-6,9-10,12-13,17,21,29H,3,7-8,11,14-16,18H2,1-2H3. The molecule has 0 aliphatic carbocycles. The number of carbonyl (C=O) groups is 1. The number of thioether (sulfide) groups is 1. The van der Waals surface area contributed by atoms with Crippen molar-refractivity contribution in [2.45, 2.75) is 56.5 Å². The monoisotopic (exact) mass is 436 g/mol. The SMILES string of the molecule is CCc1c(SC)c2cc(C(=O)N3CCCCC3CCO)ccc2n1Cc1ccccc1. The van der Waals surface area contributed by atoms with E-state index in [2.05, 4.69) is 54.1 Å². The van der Waals surface area contributed by atoms with E-state index in [1.54, 1.807) is 11.8 Å². The van der Waals surface area contributed by atoms with Crippen LogP contribution in [0, 0.1) is 0 Å². The van der Waals surface area contributed by atoms with Crippen LogP contribution >= 0.6 is 11.8 Å². The molecule has 2 aromatic carbocycles. The van der Waals surface area contributed by atoms with Crippen LogP contribution in [-0.2, 0) is 13.0 Å². The molecule has 0 saturated carbocycles.